The van der Waals surface area contributed by atoms with Gasteiger partial charge in [-0.15, -0.1) is 0 Å². The van der Waals surface area contributed by atoms with E-state index in [4.69, 9.17) is 23.9 Å². The third kappa shape index (κ3) is 7.63. The minimum Gasteiger partial charge on any atom is -0.414 e. The number of carbonyl (C=O) groups excluding carboxylic acids is 1. The van der Waals surface area contributed by atoms with Crippen LogP contribution in [0.2, 0.25) is 36.3 Å². The fourth-order valence-electron chi connectivity index (χ4n) is 4.46. The molecule has 1 N–H and O–H groups in total. The average Bonchev–Trinajstić information content (AvgIpc) is 3.53. The van der Waals surface area contributed by atoms with Crippen molar-refractivity contribution in [2.75, 3.05) is 18.7 Å². The van der Waals surface area contributed by atoms with Gasteiger partial charge in [0.1, 0.15) is 31.4 Å². The van der Waals surface area contributed by atoms with Gasteiger partial charge in [-0.1, -0.05) is 64.9 Å². The summed E-state index contributed by atoms with van der Waals surface area (Å²) in [4.78, 5) is 29.3. The highest BCUT2D eigenvalue weighted by Crippen LogP contribution is 2.44. The van der Waals surface area contributed by atoms with Crippen molar-refractivity contribution in [1.29, 1.82) is 0 Å². The molecule has 1 amide bonds. The number of carbonyl (C=O) groups is 1. The summed E-state index contributed by atoms with van der Waals surface area (Å²) in [5.74, 6) is -0.0304. The van der Waals surface area contributed by atoms with Crippen molar-refractivity contribution < 1.29 is 23.1 Å². The number of hydrogen-bond donors (Lipinski definition) is 1. The van der Waals surface area contributed by atoms with Crippen LogP contribution in [-0.4, -0.2) is 73.7 Å². The third-order valence-corrected chi connectivity index (χ3v) is 18.2. The quantitative estimate of drug-likeness (QED) is 0.0997. The zero-order chi connectivity index (χ0) is 33.2. The predicted octanol–water partition coefficient (Wildman–Crippen LogP) is 7.04. The Bertz CT molecular complexity index is 1530. The van der Waals surface area contributed by atoms with E-state index in [0.717, 1.165) is 0 Å². The minimum absolute atomic E-state index is 0.0123. The lowest BCUT2D eigenvalue weighted by Gasteiger charge is -2.40. The minimum atomic E-state index is -2.39. The molecule has 4 rings (SSSR count). The number of azide groups is 1. The Hall–Kier alpha value is -3.18. The molecule has 1 aromatic carbocycles. The second-order valence-corrected chi connectivity index (χ2v) is 23.9. The van der Waals surface area contributed by atoms with Crippen molar-refractivity contribution in [3.05, 3.63) is 59.0 Å². The molecule has 0 bridgehead atoms. The first-order valence-corrected chi connectivity index (χ1v) is 20.9. The number of imidazole rings is 1. The maximum absolute atomic E-state index is 13.0. The van der Waals surface area contributed by atoms with Gasteiger partial charge in [0.25, 0.3) is 5.91 Å². The monoisotopic (exact) mass is 654 g/mol. The maximum Gasteiger partial charge on any atom is 0.256 e. The number of rotatable bonds is 11. The van der Waals surface area contributed by atoms with Crippen LogP contribution in [0.5, 0.6) is 0 Å². The zero-order valence-corrected chi connectivity index (χ0v) is 29.9. The molecule has 0 unspecified atom stereocenters. The topological polar surface area (TPSA) is 158 Å². The van der Waals surface area contributed by atoms with Gasteiger partial charge in [0.15, 0.2) is 39.8 Å². The van der Waals surface area contributed by atoms with E-state index in [1.54, 1.807) is 35.2 Å². The van der Waals surface area contributed by atoms with E-state index in [1.165, 1.54) is 6.33 Å². The fourth-order valence-corrected chi connectivity index (χ4v) is 6.76. The molecule has 0 radical (unpaired) electrons. The molecule has 3 aromatic rings. The average molecular weight is 655 g/mol. The number of nitrogens with zero attached hydrogens (tertiary/aromatic N) is 7. The number of amides is 1. The van der Waals surface area contributed by atoms with E-state index in [9.17, 15) is 4.79 Å². The Morgan fingerprint density at radius 2 is 1.69 bits per heavy atom. The number of fused-ring (bicyclic) bond motifs is 1. The van der Waals surface area contributed by atoms with Gasteiger partial charge in [0.2, 0.25) is 0 Å². The van der Waals surface area contributed by atoms with E-state index in [1.807, 2.05) is 6.07 Å². The Labute approximate surface area is 266 Å². The summed E-state index contributed by atoms with van der Waals surface area (Å²) in [5, 5.41) is 6.38. The van der Waals surface area contributed by atoms with Gasteiger partial charge in [-0.25, -0.2) is 15.0 Å². The van der Waals surface area contributed by atoms with Gasteiger partial charge in [0, 0.05) is 10.5 Å². The molecular formula is C30H46N8O5Si2. The molecule has 1 fully saturated rings. The Kier molecular flexibility index (Phi) is 10.2. The van der Waals surface area contributed by atoms with Crippen molar-refractivity contribution in [2.24, 2.45) is 5.11 Å². The number of ether oxygens (including phenoxy) is 2. The smallest absolute Gasteiger partial charge is 0.256 e. The van der Waals surface area contributed by atoms with Crippen molar-refractivity contribution in [2.45, 2.75) is 102 Å². The zero-order valence-electron chi connectivity index (χ0n) is 27.9. The number of benzene rings is 1. The Morgan fingerprint density at radius 1 is 1.02 bits per heavy atom. The summed E-state index contributed by atoms with van der Waals surface area (Å²) < 4.78 is 28.4. The van der Waals surface area contributed by atoms with Gasteiger partial charge < -0.3 is 23.6 Å². The number of hydrogen-bond acceptors (Lipinski definition) is 9. The fraction of sp³-hybridized carbons (Fsp3) is 0.600. The number of nitrogens with one attached hydrogen (secondary N) is 1. The highest BCUT2D eigenvalue weighted by Gasteiger charge is 2.52. The van der Waals surface area contributed by atoms with Crippen LogP contribution >= 0.6 is 0 Å². The first-order chi connectivity index (χ1) is 21.0. The Morgan fingerprint density at radius 3 is 2.31 bits per heavy atom. The van der Waals surface area contributed by atoms with Crippen molar-refractivity contribution in [1.82, 2.24) is 19.5 Å². The van der Waals surface area contributed by atoms with Gasteiger partial charge in [-0.2, -0.15) is 0 Å². The van der Waals surface area contributed by atoms with Gasteiger partial charge in [0.05, 0.1) is 12.9 Å². The molecule has 13 nitrogen and oxygen atoms in total. The summed E-state index contributed by atoms with van der Waals surface area (Å²) in [6, 6.07) is 8.89. The van der Waals surface area contributed by atoms with Crippen LogP contribution in [-0.2, 0) is 18.3 Å². The molecule has 244 valence electrons. The highest BCUT2D eigenvalue weighted by molar-refractivity contribution is 6.74. The summed E-state index contributed by atoms with van der Waals surface area (Å²) >= 11 is 0. The maximum atomic E-state index is 13.0. The second kappa shape index (κ2) is 13.3. The summed E-state index contributed by atoms with van der Waals surface area (Å²) in [7, 11) is -4.54. The molecule has 0 aliphatic carbocycles. The molecule has 0 spiro atoms. The molecule has 1 aliphatic rings. The molecule has 45 heavy (non-hydrogen) atoms. The molecule has 3 heterocycles. The van der Waals surface area contributed by atoms with Crippen molar-refractivity contribution in [3.8, 4) is 0 Å². The van der Waals surface area contributed by atoms with Crippen LogP contribution in [0.4, 0.5) is 5.82 Å². The normalized spacial score (nSPS) is 21.1. The van der Waals surface area contributed by atoms with Crippen LogP contribution in [0, 0.1) is 0 Å². The largest absolute Gasteiger partial charge is 0.414 e. The van der Waals surface area contributed by atoms with Gasteiger partial charge in [-0.3, -0.25) is 9.36 Å². The van der Waals surface area contributed by atoms with E-state index in [-0.39, 0.29) is 35.1 Å². The standard InChI is InChI=1S/C30H46N8O5Si2/c1-29(2,3)44(7,8)41-16-21-23(40-19-35-37-31)24(43-45(9,10)30(4,5)6)28(42-21)38-18-34-22-25(32-17-33-26(22)38)36-27(39)20-14-12-11-13-15-20/h11-15,17-18,21,23-24,28H,16,19H2,1-10H3,(H,32,33,36,39)/t21-,23-,24-,28-/m1/s1. The summed E-state index contributed by atoms with van der Waals surface area (Å²) in [6.45, 7) is 21.8. The number of aromatic nitrogens is 4. The van der Waals surface area contributed by atoms with Crippen LogP contribution < -0.4 is 5.32 Å². The molecule has 4 atom stereocenters. The van der Waals surface area contributed by atoms with E-state index in [0.29, 0.717) is 16.7 Å². The first-order valence-electron chi connectivity index (χ1n) is 15.1. The van der Waals surface area contributed by atoms with Crippen LogP contribution in [0.1, 0.15) is 58.1 Å². The molecular weight excluding hydrogens is 609 g/mol. The lowest BCUT2D eigenvalue weighted by molar-refractivity contribution is -0.0569. The predicted molar refractivity (Wildman–Crippen MR) is 178 cm³/mol. The van der Waals surface area contributed by atoms with Crippen LogP contribution in [0.25, 0.3) is 21.6 Å². The van der Waals surface area contributed by atoms with Crippen molar-refractivity contribution >= 4 is 39.5 Å². The second-order valence-electron chi connectivity index (χ2n) is 14.3. The SMILES string of the molecule is CC(C)(C)[Si](C)(C)OC[C@H]1O[C@@H](n2cnc3c(NC(=O)c4ccccc4)ncnc32)[C@H](O[Si](C)(C)C(C)(C)C)[C@@H]1OCN=[N+]=[N-]. The van der Waals surface area contributed by atoms with Crippen molar-refractivity contribution in [3.63, 3.8) is 0 Å². The lowest BCUT2D eigenvalue weighted by atomic mass is 10.1. The van der Waals surface area contributed by atoms with E-state index >= 15 is 0 Å². The summed E-state index contributed by atoms with van der Waals surface area (Å²) in [6.07, 6.45) is 0.530. The lowest BCUT2D eigenvalue weighted by Crippen LogP contribution is -2.50. The molecule has 15 heteroatoms. The molecule has 2 aromatic heterocycles. The first kappa shape index (κ1) is 34.7. The van der Waals surface area contributed by atoms with Crippen LogP contribution in [0.3, 0.4) is 0 Å². The van der Waals surface area contributed by atoms with E-state index < -0.39 is 41.2 Å². The van der Waals surface area contributed by atoms with E-state index in [2.05, 4.69) is 98.0 Å². The molecule has 0 saturated carbocycles. The molecule has 1 saturated heterocycles. The Balaban J connectivity index is 1.75. The van der Waals surface area contributed by atoms with Gasteiger partial charge >= 0.3 is 0 Å². The third-order valence-electron chi connectivity index (χ3n) is 9.23. The van der Waals surface area contributed by atoms with Gasteiger partial charge in [-0.05, 0) is 53.9 Å². The summed E-state index contributed by atoms with van der Waals surface area (Å²) in [5.41, 5.74) is 10.4. The number of anilines is 1. The van der Waals surface area contributed by atoms with Crippen LogP contribution in [0.15, 0.2) is 48.1 Å². The highest BCUT2D eigenvalue weighted by atomic mass is 28.4. The molecule has 1 aliphatic heterocycles.